The van der Waals surface area contributed by atoms with Gasteiger partial charge in [-0.25, -0.2) is 0 Å². The van der Waals surface area contributed by atoms with Crippen LogP contribution >= 0.6 is 24.0 Å². The minimum atomic E-state index is -0.0816. The van der Waals surface area contributed by atoms with E-state index in [4.69, 9.17) is 0 Å². The van der Waals surface area contributed by atoms with Crippen LogP contribution < -0.4 is 16.0 Å². The molecule has 0 atom stereocenters. The van der Waals surface area contributed by atoms with Crippen LogP contribution in [0.25, 0.3) is 0 Å². The van der Waals surface area contributed by atoms with Crippen molar-refractivity contribution >= 4 is 35.8 Å². The molecule has 158 valence electrons. The third kappa shape index (κ3) is 8.04. The van der Waals surface area contributed by atoms with E-state index in [0.717, 1.165) is 24.5 Å². The van der Waals surface area contributed by atoms with Crippen molar-refractivity contribution in [3.8, 4) is 0 Å². The Hall–Kier alpha value is -2.09. The maximum Gasteiger partial charge on any atom is 0.251 e. The summed E-state index contributed by atoms with van der Waals surface area (Å²) >= 11 is 0. The zero-order valence-corrected chi connectivity index (χ0v) is 20.3. The molecule has 5 nitrogen and oxygen atoms in total. The van der Waals surface area contributed by atoms with E-state index in [1.165, 1.54) is 11.1 Å². The Kier molecular flexibility index (Phi) is 10.2. The van der Waals surface area contributed by atoms with Gasteiger partial charge in [-0.05, 0) is 40.7 Å². The molecule has 0 unspecified atom stereocenters. The Balaban J connectivity index is 0.00000420. The number of hydrogen-bond acceptors (Lipinski definition) is 2. The van der Waals surface area contributed by atoms with Gasteiger partial charge in [0, 0.05) is 32.7 Å². The van der Waals surface area contributed by atoms with Crippen molar-refractivity contribution in [2.45, 2.75) is 39.2 Å². The number of amides is 1. The number of nitrogens with one attached hydrogen (secondary N) is 3. The fourth-order valence-electron chi connectivity index (χ4n) is 2.87. The molecule has 0 spiro atoms. The standard InChI is InChI=1S/C23H32N4O.HI/c1-23(2,3)20-11-9-17(10-12-20)13-14-26-22(25-5)27-16-18-7-6-8-19(15-18)21(28)24-4;/h6-12,15H,13-14,16H2,1-5H3,(H,24,28)(H2,25,26,27);1H. The topological polar surface area (TPSA) is 65.5 Å². The molecule has 0 aromatic heterocycles. The van der Waals surface area contributed by atoms with E-state index >= 15 is 0 Å². The van der Waals surface area contributed by atoms with Gasteiger partial charge in [0.15, 0.2) is 5.96 Å². The van der Waals surface area contributed by atoms with Gasteiger partial charge in [0.05, 0.1) is 0 Å². The Labute approximate surface area is 191 Å². The first-order valence-corrected chi connectivity index (χ1v) is 9.68. The second kappa shape index (κ2) is 11.8. The summed E-state index contributed by atoms with van der Waals surface area (Å²) in [5, 5.41) is 9.28. The monoisotopic (exact) mass is 508 g/mol. The summed E-state index contributed by atoms with van der Waals surface area (Å²) < 4.78 is 0. The van der Waals surface area contributed by atoms with Crippen molar-refractivity contribution in [1.82, 2.24) is 16.0 Å². The zero-order chi connectivity index (χ0) is 20.6. The predicted molar refractivity (Wildman–Crippen MR) is 132 cm³/mol. The van der Waals surface area contributed by atoms with E-state index in [0.29, 0.717) is 12.1 Å². The predicted octanol–water partition coefficient (Wildman–Crippen LogP) is 3.87. The third-order valence-electron chi connectivity index (χ3n) is 4.63. The number of aliphatic imine (C=N–C) groups is 1. The van der Waals surface area contributed by atoms with E-state index in [1.807, 2.05) is 18.2 Å². The molecule has 0 heterocycles. The number of hydrogen-bond donors (Lipinski definition) is 3. The number of halogens is 1. The van der Waals surface area contributed by atoms with Crippen LogP contribution in [0.4, 0.5) is 0 Å². The summed E-state index contributed by atoms with van der Waals surface area (Å²) in [6.45, 7) is 8.08. The molecule has 0 saturated carbocycles. The zero-order valence-electron chi connectivity index (χ0n) is 18.0. The van der Waals surface area contributed by atoms with Gasteiger partial charge in [-0.15, -0.1) is 24.0 Å². The molecule has 3 N–H and O–H groups in total. The smallest absolute Gasteiger partial charge is 0.251 e. The van der Waals surface area contributed by atoms with Gasteiger partial charge in [0.1, 0.15) is 0 Å². The van der Waals surface area contributed by atoms with E-state index in [1.54, 1.807) is 20.2 Å². The maximum atomic E-state index is 11.7. The maximum absolute atomic E-state index is 11.7. The van der Waals surface area contributed by atoms with Crippen molar-refractivity contribution in [3.05, 3.63) is 70.8 Å². The minimum Gasteiger partial charge on any atom is -0.356 e. The van der Waals surface area contributed by atoms with Crippen molar-refractivity contribution < 1.29 is 4.79 Å². The van der Waals surface area contributed by atoms with E-state index < -0.39 is 0 Å². The molecule has 0 saturated heterocycles. The molecular formula is C23H33IN4O. The number of benzene rings is 2. The number of nitrogens with zero attached hydrogens (tertiary/aromatic N) is 1. The lowest BCUT2D eigenvalue weighted by Crippen LogP contribution is -2.37. The Bertz CT molecular complexity index is 810. The van der Waals surface area contributed by atoms with Crippen LogP contribution in [0, 0.1) is 0 Å². The van der Waals surface area contributed by atoms with Crippen LogP contribution in [-0.4, -0.2) is 32.5 Å². The Morgan fingerprint density at radius 2 is 1.69 bits per heavy atom. The molecule has 0 aliphatic heterocycles. The van der Waals surface area contributed by atoms with Crippen molar-refractivity contribution in [2.75, 3.05) is 20.6 Å². The quantitative estimate of drug-likeness (QED) is 0.316. The van der Waals surface area contributed by atoms with Gasteiger partial charge in [-0.1, -0.05) is 57.2 Å². The lowest BCUT2D eigenvalue weighted by atomic mass is 9.86. The van der Waals surface area contributed by atoms with Gasteiger partial charge < -0.3 is 16.0 Å². The molecule has 0 bridgehead atoms. The molecule has 2 aromatic rings. The molecule has 6 heteroatoms. The highest BCUT2D eigenvalue weighted by molar-refractivity contribution is 14.0. The summed E-state index contributed by atoms with van der Waals surface area (Å²) in [5.74, 6) is 0.665. The summed E-state index contributed by atoms with van der Waals surface area (Å²) in [6, 6.07) is 16.4. The average molecular weight is 508 g/mol. The highest BCUT2D eigenvalue weighted by Gasteiger charge is 2.12. The van der Waals surface area contributed by atoms with Crippen LogP contribution in [0.2, 0.25) is 0 Å². The van der Waals surface area contributed by atoms with Gasteiger partial charge in [-0.2, -0.15) is 0 Å². The van der Waals surface area contributed by atoms with Crippen LogP contribution in [0.15, 0.2) is 53.5 Å². The first-order chi connectivity index (χ1) is 13.3. The second-order valence-electron chi connectivity index (χ2n) is 7.83. The van der Waals surface area contributed by atoms with E-state index in [-0.39, 0.29) is 35.3 Å². The van der Waals surface area contributed by atoms with Gasteiger partial charge in [0.2, 0.25) is 0 Å². The molecule has 1 amide bonds. The van der Waals surface area contributed by atoms with Gasteiger partial charge in [-0.3, -0.25) is 9.79 Å². The molecule has 0 fully saturated rings. The largest absolute Gasteiger partial charge is 0.356 e. The van der Waals surface area contributed by atoms with Crippen molar-refractivity contribution in [2.24, 2.45) is 4.99 Å². The highest BCUT2D eigenvalue weighted by Crippen LogP contribution is 2.22. The Morgan fingerprint density at radius 1 is 1.00 bits per heavy atom. The SMILES string of the molecule is CN=C(NCCc1ccc(C(C)(C)C)cc1)NCc1cccc(C(=O)NC)c1.I. The molecule has 0 radical (unpaired) electrons. The highest BCUT2D eigenvalue weighted by atomic mass is 127. The Morgan fingerprint density at radius 3 is 2.28 bits per heavy atom. The fourth-order valence-corrected chi connectivity index (χ4v) is 2.87. The molecular weight excluding hydrogens is 475 g/mol. The molecule has 0 aliphatic rings. The van der Waals surface area contributed by atoms with Crippen LogP contribution in [0.3, 0.4) is 0 Å². The first kappa shape index (κ1) is 24.9. The summed E-state index contributed by atoms with van der Waals surface area (Å²) in [6.07, 6.45) is 0.928. The van der Waals surface area contributed by atoms with Gasteiger partial charge in [0.25, 0.3) is 5.91 Å². The number of carbonyl (C=O) groups excluding carboxylic acids is 1. The average Bonchev–Trinajstić information content (AvgIpc) is 2.69. The third-order valence-corrected chi connectivity index (χ3v) is 4.63. The van der Waals surface area contributed by atoms with Gasteiger partial charge >= 0.3 is 0 Å². The van der Waals surface area contributed by atoms with Crippen LogP contribution in [-0.2, 0) is 18.4 Å². The normalized spacial score (nSPS) is 11.4. The summed E-state index contributed by atoms with van der Waals surface area (Å²) in [5.41, 5.74) is 4.51. The summed E-state index contributed by atoms with van der Waals surface area (Å²) in [4.78, 5) is 16.0. The molecule has 29 heavy (non-hydrogen) atoms. The lowest BCUT2D eigenvalue weighted by Gasteiger charge is -2.19. The minimum absolute atomic E-state index is 0. The van der Waals surface area contributed by atoms with Crippen LogP contribution in [0.5, 0.6) is 0 Å². The lowest BCUT2D eigenvalue weighted by molar-refractivity contribution is 0.0963. The number of carbonyl (C=O) groups is 1. The van der Waals surface area contributed by atoms with Crippen molar-refractivity contribution in [3.63, 3.8) is 0 Å². The molecule has 2 aromatic carbocycles. The van der Waals surface area contributed by atoms with Crippen LogP contribution in [0.1, 0.15) is 47.8 Å². The van der Waals surface area contributed by atoms with E-state index in [2.05, 4.69) is 66.0 Å². The number of guanidine groups is 1. The van der Waals surface area contributed by atoms with Crippen molar-refractivity contribution in [1.29, 1.82) is 0 Å². The fraction of sp³-hybridized carbons (Fsp3) is 0.391. The second-order valence-corrected chi connectivity index (χ2v) is 7.83. The number of rotatable bonds is 6. The molecule has 0 aliphatic carbocycles. The van der Waals surface area contributed by atoms with E-state index in [9.17, 15) is 4.79 Å². The molecule has 2 rings (SSSR count). The summed E-state index contributed by atoms with van der Waals surface area (Å²) in [7, 11) is 3.39. The first-order valence-electron chi connectivity index (χ1n) is 9.68.